The molecule has 1 aromatic carbocycles. The predicted octanol–water partition coefficient (Wildman–Crippen LogP) is 2.39. The zero-order valence-corrected chi connectivity index (χ0v) is 9.07. The molecule has 2 N–H and O–H groups in total. The van der Waals surface area contributed by atoms with Gasteiger partial charge < -0.3 is 5.73 Å². The first-order valence-corrected chi connectivity index (χ1v) is 5.56. The van der Waals surface area contributed by atoms with Crippen LogP contribution in [0.5, 0.6) is 0 Å². The third-order valence-corrected chi connectivity index (χ3v) is 3.00. The van der Waals surface area contributed by atoms with Crippen LogP contribution >= 0.6 is 12.2 Å². The summed E-state index contributed by atoms with van der Waals surface area (Å²) in [5.41, 5.74) is 9.94. The van der Waals surface area contributed by atoms with Gasteiger partial charge in [0, 0.05) is 6.42 Å². The molecule has 0 heterocycles. The van der Waals surface area contributed by atoms with Crippen LogP contribution < -0.4 is 5.73 Å². The van der Waals surface area contributed by atoms with Gasteiger partial charge in [-0.1, -0.05) is 30.4 Å². The van der Waals surface area contributed by atoms with E-state index in [4.69, 9.17) is 18.0 Å². The van der Waals surface area contributed by atoms with Crippen molar-refractivity contribution in [1.82, 2.24) is 0 Å². The largest absolute Gasteiger partial charge is 0.393 e. The van der Waals surface area contributed by atoms with Crippen molar-refractivity contribution in [2.75, 3.05) is 0 Å². The second-order valence-corrected chi connectivity index (χ2v) is 4.43. The molecule has 0 fully saturated rings. The predicted molar refractivity (Wildman–Crippen MR) is 63.6 cm³/mol. The van der Waals surface area contributed by atoms with E-state index >= 15 is 0 Å². The quantitative estimate of drug-likeness (QED) is 0.750. The van der Waals surface area contributed by atoms with Crippen LogP contribution in [0.15, 0.2) is 18.2 Å². The third-order valence-electron chi connectivity index (χ3n) is 2.86. The monoisotopic (exact) mass is 205 g/mol. The highest BCUT2D eigenvalue weighted by atomic mass is 32.1. The number of rotatable bonds is 2. The number of hydrogen-bond acceptors (Lipinski definition) is 1. The van der Waals surface area contributed by atoms with Crippen molar-refractivity contribution < 1.29 is 0 Å². The summed E-state index contributed by atoms with van der Waals surface area (Å²) in [6.45, 7) is 0. The Morgan fingerprint density at radius 3 is 2.86 bits per heavy atom. The Balaban J connectivity index is 2.35. The van der Waals surface area contributed by atoms with Crippen molar-refractivity contribution in [3.63, 3.8) is 0 Å². The van der Waals surface area contributed by atoms with E-state index in [2.05, 4.69) is 18.2 Å². The van der Waals surface area contributed by atoms with Crippen LogP contribution in [0, 0.1) is 0 Å². The fourth-order valence-electron chi connectivity index (χ4n) is 2.21. The van der Waals surface area contributed by atoms with Gasteiger partial charge in [-0.2, -0.15) is 0 Å². The summed E-state index contributed by atoms with van der Waals surface area (Å²) in [5, 5.41) is 0. The van der Waals surface area contributed by atoms with Crippen LogP contribution in [-0.2, 0) is 19.3 Å². The number of benzene rings is 1. The van der Waals surface area contributed by atoms with E-state index in [9.17, 15) is 0 Å². The van der Waals surface area contributed by atoms with Crippen molar-refractivity contribution >= 4 is 17.2 Å². The van der Waals surface area contributed by atoms with Crippen molar-refractivity contribution in [3.8, 4) is 0 Å². The minimum atomic E-state index is 0.601. The zero-order valence-electron chi connectivity index (χ0n) is 8.25. The fourth-order valence-corrected chi connectivity index (χ4v) is 2.37. The van der Waals surface area contributed by atoms with E-state index in [0.29, 0.717) is 4.99 Å². The van der Waals surface area contributed by atoms with E-state index in [1.54, 1.807) is 0 Å². The molecule has 0 radical (unpaired) electrons. The van der Waals surface area contributed by atoms with Gasteiger partial charge in [0.25, 0.3) is 0 Å². The van der Waals surface area contributed by atoms with Gasteiger partial charge in [-0.05, 0) is 42.4 Å². The summed E-state index contributed by atoms with van der Waals surface area (Å²) < 4.78 is 0. The Labute approximate surface area is 90.3 Å². The van der Waals surface area contributed by atoms with Gasteiger partial charge in [0.05, 0.1) is 4.99 Å². The summed E-state index contributed by atoms with van der Waals surface area (Å²) in [6, 6.07) is 6.51. The molecule has 0 aromatic heterocycles. The van der Waals surface area contributed by atoms with E-state index in [1.165, 1.54) is 42.4 Å². The van der Waals surface area contributed by atoms with E-state index in [0.717, 1.165) is 6.42 Å². The van der Waals surface area contributed by atoms with Crippen LogP contribution in [0.2, 0.25) is 0 Å². The standard InChI is InChI=1S/C12H15NS/c13-12(14)8-10-6-3-5-9-4-1-2-7-11(9)10/h3,5-6H,1-2,4,7-8H2,(H2,13,14). The van der Waals surface area contributed by atoms with Crippen molar-refractivity contribution in [3.05, 3.63) is 34.9 Å². The zero-order chi connectivity index (χ0) is 9.97. The molecular formula is C12H15NS. The van der Waals surface area contributed by atoms with E-state index < -0.39 is 0 Å². The lowest BCUT2D eigenvalue weighted by Gasteiger charge is -2.18. The van der Waals surface area contributed by atoms with Gasteiger partial charge in [0.2, 0.25) is 0 Å². The summed E-state index contributed by atoms with van der Waals surface area (Å²) in [5.74, 6) is 0. The molecular weight excluding hydrogens is 190 g/mol. The van der Waals surface area contributed by atoms with Gasteiger partial charge in [0.1, 0.15) is 0 Å². The molecule has 14 heavy (non-hydrogen) atoms. The Morgan fingerprint density at radius 1 is 1.29 bits per heavy atom. The highest BCUT2D eigenvalue weighted by molar-refractivity contribution is 7.80. The average molecular weight is 205 g/mol. The highest BCUT2D eigenvalue weighted by Crippen LogP contribution is 2.24. The van der Waals surface area contributed by atoms with Crippen molar-refractivity contribution in [1.29, 1.82) is 0 Å². The van der Waals surface area contributed by atoms with Crippen LogP contribution in [0.1, 0.15) is 29.5 Å². The van der Waals surface area contributed by atoms with Gasteiger partial charge in [-0.15, -0.1) is 0 Å². The first-order chi connectivity index (χ1) is 6.77. The second kappa shape index (κ2) is 4.09. The first-order valence-electron chi connectivity index (χ1n) is 5.15. The molecule has 1 aliphatic rings. The smallest absolute Gasteiger partial charge is 0.0771 e. The second-order valence-electron chi connectivity index (χ2n) is 3.91. The summed E-state index contributed by atoms with van der Waals surface area (Å²) >= 11 is 4.96. The number of fused-ring (bicyclic) bond motifs is 1. The van der Waals surface area contributed by atoms with Gasteiger partial charge in [-0.3, -0.25) is 0 Å². The van der Waals surface area contributed by atoms with Crippen molar-refractivity contribution in [2.45, 2.75) is 32.1 Å². The Morgan fingerprint density at radius 2 is 2.07 bits per heavy atom. The molecule has 1 nitrogen and oxygen atoms in total. The molecule has 2 heteroatoms. The minimum absolute atomic E-state index is 0.601. The molecule has 0 amide bonds. The molecule has 0 bridgehead atoms. The van der Waals surface area contributed by atoms with Gasteiger partial charge in [-0.25, -0.2) is 0 Å². The third kappa shape index (κ3) is 1.95. The molecule has 1 aromatic rings. The van der Waals surface area contributed by atoms with Crippen LogP contribution in [0.25, 0.3) is 0 Å². The maximum Gasteiger partial charge on any atom is 0.0771 e. The molecule has 0 saturated heterocycles. The number of aryl methyl sites for hydroxylation is 1. The van der Waals surface area contributed by atoms with Crippen LogP contribution in [0.4, 0.5) is 0 Å². The molecule has 1 aliphatic carbocycles. The van der Waals surface area contributed by atoms with E-state index in [-0.39, 0.29) is 0 Å². The summed E-state index contributed by atoms with van der Waals surface area (Å²) in [4.78, 5) is 0.601. The molecule has 2 rings (SSSR count). The lowest BCUT2D eigenvalue weighted by atomic mass is 9.87. The molecule has 74 valence electrons. The Bertz CT molecular complexity index is 357. The van der Waals surface area contributed by atoms with Crippen LogP contribution in [-0.4, -0.2) is 4.99 Å². The normalized spacial score (nSPS) is 14.9. The minimum Gasteiger partial charge on any atom is -0.393 e. The Kier molecular flexibility index (Phi) is 2.82. The lowest BCUT2D eigenvalue weighted by molar-refractivity contribution is 0.681. The SMILES string of the molecule is NC(=S)Cc1cccc2c1CCCC2. The van der Waals surface area contributed by atoms with Crippen molar-refractivity contribution in [2.24, 2.45) is 5.73 Å². The Hall–Kier alpha value is -0.890. The van der Waals surface area contributed by atoms with Gasteiger partial charge >= 0.3 is 0 Å². The number of thiocarbonyl (C=S) groups is 1. The summed E-state index contributed by atoms with van der Waals surface area (Å²) in [7, 11) is 0. The van der Waals surface area contributed by atoms with Crippen LogP contribution in [0.3, 0.4) is 0 Å². The van der Waals surface area contributed by atoms with Gasteiger partial charge in [0.15, 0.2) is 0 Å². The molecule has 0 saturated carbocycles. The average Bonchev–Trinajstić information content (AvgIpc) is 2.18. The fraction of sp³-hybridized carbons (Fsp3) is 0.417. The maximum absolute atomic E-state index is 5.59. The lowest BCUT2D eigenvalue weighted by Crippen LogP contribution is -2.14. The number of hydrogen-bond donors (Lipinski definition) is 1. The maximum atomic E-state index is 5.59. The molecule has 0 atom stereocenters. The topological polar surface area (TPSA) is 26.0 Å². The van der Waals surface area contributed by atoms with E-state index in [1.807, 2.05) is 0 Å². The highest BCUT2D eigenvalue weighted by Gasteiger charge is 2.12. The molecule has 0 aliphatic heterocycles. The molecule has 0 unspecified atom stereocenters. The number of nitrogens with two attached hydrogens (primary N) is 1. The summed E-state index contributed by atoms with van der Waals surface area (Å²) in [6.07, 6.45) is 5.82. The molecule has 0 spiro atoms. The first kappa shape index (κ1) is 9.66.